The number of hydrogen-bond donors (Lipinski definition) is 5. The summed E-state index contributed by atoms with van der Waals surface area (Å²) in [5.41, 5.74) is 5.86. The first-order valence-electron chi connectivity index (χ1n) is 8.98. The number of aliphatic carboxylic acids is 3. The summed E-state index contributed by atoms with van der Waals surface area (Å²) in [4.78, 5) is 42.5. The van der Waals surface area contributed by atoms with Crippen LogP contribution in [0.5, 0.6) is 0 Å². The van der Waals surface area contributed by atoms with Gasteiger partial charge in [-0.2, -0.15) is 0 Å². The molecule has 0 aromatic heterocycles. The van der Waals surface area contributed by atoms with Crippen LogP contribution in [0.25, 0.3) is 0 Å². The molecule has 162 valence electrons. The zero-order chi connectivity index (χ0) is 22.4. The topological polar surface area (TPSA) is 176 Å². The van der Waals surface area contributed by atoms with Crippen LogP contribution in [0, 0.1) is 5.92 Å². The van der Waals surface area contributed by atoms with Crippen molar-refractivity contribution in [2.45, 2.75) is 51.8 Å². The number of benzene rings is 1. The Bertz CT molecular complexity index is 665. The van der Waals surface area contributed by atoms with E-state index >= 15 is 0 Å². The van der Waals surface area contributed by atoms with E-state index in [9.17, 15) is 19.2 Å². The highest BCUT2D eigenvalue weighted by atomic mass is 16.5. The Balaban J connectivity index is 0.000000665. The third-order valence-electron chi connectivity index (χ3n) is 3.95. The Morgan fingerprint density at radius 1 is 1.07 bits per heavy atom. The van der Waals surface area contributed by atoms with Crippen LogP contribution in [0.2, 0.25) is 0 Å². The molecule has 0 heterocycles. The lowest BCUT2D eigenvalue weighted by molar-refractivity contribution is -0.141. The molecular weight excluding hydrogens is 384 g/mol. The molecule has 3 atom stereocenters. The Morgan fingerprint density at radius 3 is 2.10 bits per heavy atom. The monoisotopic (exact) mass is 412 g/mol. The number of ether oxygens (including phenoxy) is 1. The predicted octanol–water partition coefficient (Wildman–Crippen LogP) is 1.68. The van der Waals surface area contributed by atoms with Crippen molar-refractivity contribution < 1.29 is 39.2 Å². The Morgan fingerprint density at radius 2 is 1.66 bits per heavy atom. The molecule has 0 spiro atoms. The number of rotatable bonds is 10. The molecule has 10 nitrogen and oxygen atoms in total. The van der Waals surface area contributed by atoms with E-state index < -0.39 is 36.1 Å². The minimum absolute atomic E-state index is 0.0231. The maximum atomic E-state index is 11.6. The van der Waals surface area contributed by atoms with Gasteiger partial charge in [-0.15, -0.1) is 0 Å². The lowest BCUT2D eigenvalue weighted by atomic mass is 10.00. The molecule has 29 heavy (non-hydrogen) atoms. The van der Waals surface area contributed by atoms with Crippen molar-refractivity contribution in [3.05, 3.63) is 35.9 Å². The van der Waals surface area contributed by atoms with Crippen LogP contribution in [0.1, 0.15) is 38.7 Å². The second-order valence-electron chi connectivity index (χ2n) is 6.28. The fourth-order valence-corrected chi connectivity index (χ4v) is 1.98. The highest BCUT2D eigenvalue weighted by Gasteiger charge is 2.25. The van der Waals surface area contributed by atoms with E-state index in [2.05, 4.69) is 5.32 Å². The number of hydrogen-bond acceptors (Lipinski definition) is 6. The van der Waals surface area contributed by atoms with Crippen LogP contribution in [-0.4, -0.2) is 51.4 Å². The molecule has 1 rings (SSSR count). The van der Waals surface area contributed by atoms with Gasteiger partial charge >= 0.3 is 24.0 Å². The molecule has 1 aromatic carbocycles. The summed E-state index contributed by atoms with van der Waals surface area (Å²) in [6.07, 6.45) is -0.273. The average molecular weight is 412 g/mol. The van der Waals surface area contributed by atoms with Crippen molar-refractivity contribution in [1.29, 1.82) is 0 Å². The summed E-state index contributed by atoms with van der Waals surface area (Å²) in [7, 11) is 0. The number of amides is 1. The van der Waals surface area contributed by atoms with Crippen LogP contribution in [-0.2, 0) is 25.7 Å². The van der Waals surface area contributed by atoms with Crippen molar-refractivity contribution in [2.24, 2.45) is 11.7 Å². The number of nitrogens with one attached hydrogen (secondary N) is 1. The third kappa shape index (κ3) is 12.0. The molecule has 1 aromatic rings. The van der Waals surface area contributed by atoms with Crippen molar-refractivity contribution in [2.75, 3.05) is 0 Å². The number of carboxylic acid groups (broad SMARTS) is 3. The van der Waals surface area contributed by atoms with Crippen LogP contribution in [0.15, 0.2) is 30.3 Å². The standard InChI is InChI=1S/C14H19NO4.C5H9NO4/c1-3-10(2)12(13(16)17)15-14(18)19-9-11-7-5-4-6-8-11;6-3(5(9)10)1-2-4(7)8/h4-8,10,12H,3,9H2,1-2H3,(H,15,18)(H,16,17);3H,1-2,6H2,(H,7,8)(H,9,10). The summed E-state index contributed by atoms with van der Waals surface area (Å²) in [5, 5.41) is 27.7. The number of carboxylic acids is 3. The highest BCUT2D eigenvalue weighted by molar-refractivity contribution is 5.80. The van der Waals surface area contributed by atoms with E-state index in [0.29, 0.717) is 6.42 Å². The molecule has 0 aliphatic heterocycles. The summed E-state index contributed by atoms with van der Waals surface area (Å²) in [6, 6.07) is 7.23. The van der Waals surface area contributed by atoms with Gasteiger partial charge in [0.1, 0.15) is 18.7 Å². The largest absolute Gasteiger partial charge is 0.481 e. The lowest BCUT2D eigenvalue weighted by Crippen LogP contribution is -2.45. The van der Waals surface area contributed by atoms with E-state index in [1.807, 2.05) is 37.3 Å². The zero-order valence-electron chi connectivity index (χ0n) is 16.4. The molecular formula is C19H28N2O8. The molecule has 3 unspecified atom stereocenters. The van der Waals surface area contributed by atoms with Crippen LogP contribution in [0.3, 0.4) is 0 Å². The first-order chi connectivity index (χ1) is 13.6. The number of alkyl carbamates (subject to hydrolysis) is 1. The van der Waals surface area contributed by atoms with Gasteiger partial charge in [0.25, 0.3) is 0 Å². The first-order valence-corrected chi connectivity index (χ1v) is 8.98. The zero-order valence-corrected chi connectivity index (χ0v) is 16.4. The number of nitrogens with two attached hydrogens (primary N) is 1. The van der Waals surface area contributed by atoms with Crippen molar-refractivity contribution in [1.82, 2.24) is 5.32 Å². The Labute approximate surface area is 168 Å². The Kier molecular flexibility index (Phi) is 12.4. The SMILES string of the molecule is CCC(C)C(NC(=O)OCc1ccccc1)C(=O)O.NC(CCC(=O)O)C(=O)O. The molecule has 0 fully saturated rings. The second-order valence-corrected chi connectivity index (χ2v) is 6.28. The maximum absolute atomic E-state index is 11.6. The van der Waals surface area contributed by atoms with Crippen LogP contribution < -0.4 is 11.1 Å². The second kappa shape index (κ2) is 13.9. The molecule has 6 N–H and O–H groups in total. The quantitative estimate of drug-likeness (QED) is 0.382. The number of carbonyl (C=O) groups excluding carboxylic acids is 1. The fraction of sp³-hybridized carbons (Fsp3) is 0.474. The molecule has 0 aliphatic carbocycles. The average Bonchev–Trinajstić information content (AvgIpc) is 2.68. The maximum Gasteiger partial charge on any atom is 0.408 e. The van der Waals surface area contributed by atoms with Gasteiger partial charge in [0.15, 0.2) is 0 Å². The van der Waals surface area contributed by atoms with Crippen LogP contribution in [0.4, 0.5) is 4.79 Å². The minimum atomic E-state index is -1.17. The van der Waals surface area contributed by atoms with E-state index in [1.165, 1.54) is 0 Å². The van der Waals surface area contributed by atoms with Gasteiger partial charge in [-0.1, -0.05) is 50.6 Å². The predicted molar refractivity (Wildman–Crippen MR) is 103 cm³/mol. The third-order valence-corrected chi connectivity index (χ3v) is 3.95. The van der Waals surface area contributed by atoms with Gasteiger partial charge in [0.2, 0.25) is 0 Å². The van der Waals surface area contributed by atoms with E-state index in [-0.39, 0.29) is 25.4 Å². The normalized spacial score (nSPS) is 13.1. The summed E-state index contributed by atoms with van der Waals surface area (Å²) >= 11 is 0. The minimum Gasteiger partial charge on any atom is -0.481 e. The van der Waals surface area contributed by atoms with Crippen molar-refractivity contribution >= 4 is 24.0 Å². The smallest absolute Gasteiger partial charge is 0.408 e. The van der Waals surface area contributed by atoms with E-state index in [0.717, 1.165) is 5.56 Å². The molecule has 10 heteroatoms. The summed E-state index contributed by atoms with van der Waals surface area (Å²) < 4.78 is 4.99. The Hall–Kier alpha value is -3.14. The lowest BCUT2D eigenvalue weighted by Gasteiger charge is -2.19. The summed E-state index contributed by atoms with van der Waals surface area (Å²) in [5.74, 6) is -3.40. The van der Waals surface area contributed by atoms with Crippen molar-refractivity contribution in [3.63, 3.8) is 0 Å². The molecule has 0 saturated heterocycles. The van der Waals surface area contributed by atoms with Gasteiger partial charge in [-0.3, -0.25) is 9.59 Å². The number of carbonyl (C=O) groups is 4. The van der Waals surface area contributed by atoms with E-state index in [4.69, 9.17) is 25.8 Å². The van der Waals surface area contributed by atoms with Gasteiger partial charge < -0.3 is 31.1 Å². The summed E-state index contributed by atoms with van der Waals surface area (Å²) in [6.45, 7) is 3.77. The fourth-order valence-electron chi connectivity index (χ4n) is 1.98. The molecule has 0 bridgehead atoms. The molecule has 0 aliphatic rings. The molecule has 0 saturated carbocycles. The first kappa shape index (κ1) is 25.9. The van der Waals surface area contributed by atoms with Crippen molar-refractivity contribution in [3.8, 4) is 0 Å². The van der Waals surface area contributed by atoms with Crippen LogP contribution >= 0.6 is 0 Å². The van der Waals surface area contributed by atoms with Gasteiger partial charge in [-0.25, -0.2) is 9.59 Å². The van der Waals surface area contributed by atoms with Gasteiger partial charge in [0, 0.05) is 6.42 Å². The molecule has 1 amide bonds. The van der Waals surface area contributed by atoms with E-state index in [1.54, 1.807) is 6.92 Å². The molecule has 0 radical (unpaired) electrons. The van der Waals surface area contributed by atoms with Gasteiger partial charge in [0.05, 0.1) is 0 Å². The van der Waals surface area contributed by atoms with Gasteiger partial charge in [-0.05, 0) is 17.9 Å². The highest BCUT2D eigenvalue weighted by Crippen LogP contribution is 2.08.